The molecular formula is C17H20N4O5S. The van der Waals surface area contributed by atoms with Crippen LogP contribution in [0.25, 0.3) is 16.9 Å². The Morgan fingerprint density at radius 2 is 1.81 bits per heavy atom. The van der Waals surface area contributed by atoms with Crippen LogP contribution in [0.2, 0.25) is 0 Å². The van der Waals surface area contributed by atoms with Gasteiger partial charge in [0, 0.05) is 0 Å². The van der Waals surface area contributed by atoms with E-state index in [1.54, 1.807) is 12.1 Å². The number of rotatable bonds is 6. The van der Waals surface area contributed by atoms with E-state index in [9.17, 15) is 22.6 Å². The highest BCUT2D eigenvalue weighted by molar-refractivity contribution is 7.85. The van der Waals surface area contributed by atoms with Crippen LogP contribution in [0.4, 0.5) is 0 Å². The van der Waals surface area contributed by atoms with Crippen LogP contribution >= 0.6 is 0 Å². The van der Waals surface area contributed by atoms with Crippen molar-refractivity contribution < 1.29 is 13.0 Å². The molecule has 0 unspecified atom stereocenters. The Balaban J connectivity index is 2.42. The summed E-state index contributed by atoms with van der Waals surface area (Å²) in [5.41, 5.74) is 0.653. The monoisotopic (exact) mass is 392 g/mol. The first-order valence-corrected chi connectivity index (χ1v) is 10.1. The number of aromatic amines is 2. The zero-order valence-corrected chi connectivity index (χ0v) is 15.8. The molecule has 9 nitrogen and oxygen atoms in total. The molecule has 2 aromatic heterocycles. The molecule has 0 amide bonds. The fourth-order valence-electron chi connectivity index (χ4n) is 3.19. The van der Waals surface area contributed by atoms with Gasteiger partial charge in [-0.25, -0.2) is 9.36 Å². The Hall–Kier alpha value is -2.72. The van der Waals surface area contributed by atoms with Gasteiger partial charge in [-0.1, -0.05) is 38.8 Å². The lowest BCUT2D eigenvalue weighted by molar-refractivity contribution is 0.476. The highest BCUT2D eigenvalue weighted by Gasteiger charge is 2.22. The quantitative estimate of drug-likeness (QED) is 0.544. The van der Waals surface area contributed by atoms with Crippen LogP contribution in [-0.2, 0) is 23.0 Å². The molecule has 1 aromatic carbocycles. The van der Waals surface area contributed by atoms with Gasteiger partial charge in [-0.2, -0.15) is 13.4 Å². The molecule has 3 aromatic rings. The number of aromatic nitrogens is 4. The van der Waals surface area contributed by atoms with E-state index in [-0.39, 0.29) is 11.2 Å². The first-order chi connectivity index (χ1) is 12.8. The van der Waals surface area contributed by atoms with Crippen LogP contribution in [0.15, 0.2) is 32.9 Å². The minimum atomic E-state index is -4.67. The van der Waals surface area contributed by atoms with Gasteiger partial charge in [0.2, 0.25) is 0 Å². The van der Waals surface area contributed by atoms with Crippen molar-refractivity contribution in [3.8, 4) is 5.69 Å². The topological polar surface area (TPSA) is 138 Å². The van der Waals surface area contributed by atoms with Crippen molar-refractivity contribution in [1.29, 1.82) is 0 Å². The Bertz CT molecular complexity index is 1220. The molecule has 0 aliphatic heterocycles. The summed E-state index contributed by atoms with van der Waals surface area (Å²) in [4.78, 5) is 32.9. The van der Waals surface area contributed by atoms with Crippen molar-refractivity contribution in [2.45, 2.75) is 44.7 Å². The smallest absolute Gasteiger partial charge is 0.321 e. The molecule has 27 heavy (non-hydrogen) atoms. The molecular weight excluding hydrogens is 372 g/mol. The molecule has 0 spiro atoms. The molecule has 0 atom stereocenters. The Labute approximate surface area is 154 Å². The predicted molar refractivity (Wildman–Crippen MR) is 100 cm³/mol. The third-order valence-electron chi connectivity index (χ3n) is 4.28. The fourth-order valence-corrected chi connectivity index (χ4v) is 3.63. The normalized spacial score (nSPS) is 12.0. The van der Waals surface area contributed by atoms with Gasteiger partial charge in [0.1, 0.15) is 0 Å². The molecule has 10 heteroatoms. The van der Waals surface area contributed by atoms with Crippen LogP contribution in [0, 0.1) is 0 Å². The number of nitrogens with zero attached hydrogens (tertiary/aromatic N) is 2. The average Bonchev–Trinajstić information content (AvgIpc) is 3.03. The van der Waals surface area contributed by atoms with Gasteiger partial charge in [-0.3, -0.25) is 14.3 Å². The van der Waals surface area contributed by atoms with Crippen molar-refractivity contribution >= 4 is 21.3 Å². The molecule has 3 N–H and O–H groups in total. The van der Waals surface area contributed by atoms with Crippen molar-refractivity contribution in [3.63, 3.8) is 0 Å². The minimum absolute atomic E-state index is 0.151. The standard InChI is InChI=1S/C17H20N4O5S/c1-3-6-10-8-5-9-12(11(10)7-4-2)21-14-13(15(22)20-17(21)23)18-16(19-14)27(24,25)26/h5,8-9H,3-4,6-7H2,1-2H3,(H,18,19)(H,20,22,23)(H,24,25,26). The maximum absolute atomic E-state index is 12.6. The van der Waals surface area contributed by atoms with Crippen molar-refractivity contribution in [1.82, 2.24) is 19.5 Å². The second-order valence-corrected chi connectivity index (χ2v) is 7.56. The second-order valence-electron chi connectivity index (χ2n) is 6.23. The summed E-state index contributed by atoms with van der Waals surface area (Å²) in [6, 6.07) is 5.52. The van der Waals surface area contributed by atoms with Gasteiger partial charge < -0.3 is 4.98 Å². The van der Waals surface area contributed by atoms with Gasteiger partial charge in [0.05, 0.1) is 5.69 Å². The number of H-pyrrole nitrogens is 2. The third-order valence-corrected chi connectivity index (χ3v) is 4.96. The summed E-state index contributed by atoms with van der Waals surface area (Å²) >= 11 is 0. The number of imidazole rings is 1. The number of benzene rings is 1. The summed E-state index contributed by atoms with van der Waals surface area (Å²) in [6.07, 6.45) is 3.28. The number of fused-ring (bicyclic) bond motifs is 1. The fraction of sp³-hybridized carbons (Fsp3) is 0.353. The maximum atomic E-state index is 12.6. The highest BCUT2D eigenvalue weighted by Crippen LogP contribution is 2.23. The molecule has 3 rings (SSSR count). The largest absolute Gasteiger partial charge is 0.334 e. The summed E-state index contributed by atoms with van der Waals surface area (Å²) in [6.45, 7) is 4.07. The zero-order valence-electron chi connectivity index (χ0n) is 14.9. The second kappa shape index (κ2) is 7.12. The first kappa shape index (κ1) is 19.1. The van der Waals surface area contributed by atoms with E-state index < -0.39 is 26.5 Å². The van der Waals surface area contributed by atoms with Crippen molar-refractivity contribution in [2.75, 3.05) is 0 Å². The zero-order chi connectivity index (χ0) is 19.8. The summed E-state index contributed by atoms with van der Waals surface area (Å²) < 4.78 is 33.3. The van der Waals surface area contributed by atoms with E-state index in [0.717, 1.165) is 30.4 Å². The molecule has 144 valence electrons. The van der Waals surface area contributed by atoms with E-state index in [1.165, 1.54) is 4.57 Å². The number of nitrogens with one attached hydrogen (secondary N) is 2. The van der Waals surface area contributed by atoms with E-state index in [1.807, 2.05) is 13.0 Å². The molecule has 2 heterocycles. The number of hydrogen-bond donors (Lipinski definition) is 3. The Kier molecular flexibility index (Phi) is 5.03. The SMILES string of the molecule is CCCc1cccc(-n2c(=O)[nH]c(=O)c3[nH]c(S(=O)(=O)O)nc32)c1CCC. The van der Waals surface area contributed by atoms with Crippen LogP contribution in [0.1, 0.15) is 37.8 Å². The van der Waals surface area contributed by atoms with Gasteiger partial charge >= 0.3 is 15.8 Å². The Morgan fingerprint density at radius 1 is 1.11 bits per heavy atom. The summed E-state index contributed by atoms with van der Waals surface area (Å²) in [7, 11) is -4.67. The molecule has 0 saturated carbocycles. The molecule has 0 saturated heterocycles. The molecule has 0 bridgehead atoms. The average molecular weight is 392 g/mol. The molecule has 0 fully saturated rings. The van der Waals surface area contributed by atoms with E-state index in [4.69, 9.17) is 0 Å². The van der Waals surface area contributed by atoms with Crippen molar-refractivity contribution in [3.05, 3.63) is 50.2 Å². The van der Waals surface area contributed by atoms with Gasteiger partial charge in [0.15, 0.2) is 11.2 Å². The van der Waals surface area contributed by atoms with E-state index >= 15 is 0 Å². The van der Waals surface area contributed by atoms with Gasteiger partial charge in [0.25, 0.3) is 10.7 Å². The maximum Gasteiger partial charge on any atom is 0.334 e. The first-order valence-electron chi connectivity index (χ1n) is 8.61. The van der Waals surface area contributed by atoms with Crippen molar-refractivity contribution in [2.24, 2.45) is 0 Å². The van der Waals surface area contributed by atoms with Crippen LogP contribution in [-0.4, -0.2) is 32.5 Å². The number of hydrogen-bond acceptors (Lipinski definition) is 5. The van der Waals surface area contributed by atoms with E-state index in [0.29, 0.717) is 12.1 Å². The van der Waals surface area contributed by atoms with Crippen LogP contribution < -0.4 is 11.2 Å². The summed E-state index contributed by atoms with van der Waals surface area (Å²) in [5.74, 6) is 0. The number of aryl methyl sites for hydroxylation is 1. The Morgan fingerprint density at radius 3 is 2.44 bits per heavy atom. The molecule has 0 aliphatic rings. The molecule has 0 aliphatic carbocycles. The van der Waals surface area contributed by atoms with Gasteiger partial charge in [-0.05, 0) is 30.0 Å². The predicted octanol–water partition coefficient (Wildman–Crippen LogP) is 1.55. The lowest BCUT2D eigenvalue weighted by Crippen LogP contribution is -2.30. The third kappa shape index (κ3) is 3.45. The molecule has 0 radical (unpaired) electrons. The minimum Gasteiger partial charge on any atom is -0.321 e. The summed E-state index contributed by atoms with van der Waals surface area (Å²) in [5, 5.41) is -0.788. The van der Waals surface area contributed by atoms with E-state index in [2.05, 4.69) is 21.9 Å². The highest BCUT2D eigenvalue weighted by atomic mass is 32.2. The van der Waals surface area contributed by atoms with Crippen LogP contribution in [0.5, 0.6) is 0 Å². The van der Waals surface area contributed by atoms with Gasteiger partial charge in [-0.15, -0.1) is 0 Å². The van der Waals surface area contributed by atoms with Crippen LogP contribution in [0.3, 0.4) is 0 Å². The lowest BCUT2D eigenvalue weighted by Gasteiger charge is -2.15. The lowest BCUT2D eigenvalue weighted by atomic mass is 9.97.